The number of hydrogen-bond acceptors (Lipinski definition) is 2. The minimum absolute atomic E-state index is 0.978. The molecule has 3 nitrogen and oxygen atoms in total. The Kier molecular flexibility index (Phi) is 2.24. The molecule has 0 N–H and O–H groups in total. The predicted molar refractivity (Wildman–Crippen MR) is 63.2 cm³/mol. The quantitative estimate of drug-likeness (QED) is 0.767. The molecular weight excluding hydrogens is 198 g/mol. The molecule has 1 aliphatic heterocycles. The van der Waals surface area contributed by atoms with Gasteiger partial charge in [-0.05, 0) is 31.4 Å². The summed E-state index contributed by atoms with van der Waals surface area (Å²) in [5.41, 5.74) is 4.91. The monoisotopic (exact) mass is 213 g/mol. The molecule has 0 bridgehead atoms. The second-order valence-electron chi connectivity index (χ2n) is 4.16. The van der Waals surface area contributed by atoms with Crippen molar-refractivity contribution in [1.29, 1.82) is 0 Å². The van der Waals surface area contributed by atoms with Gasteiger partial charge in [-0.15, -0.1) is 0 Å². The summed E-state index contributed by atoms with van der Waals surface area (Å²) in [7, 11) is 0. The van der Waals surface area contributed by atoms with E-state index in [2.05, 4.69) is 27.8 Å². The summed E-state index contributed by atoms with van der Waals surface area (Å²) in [5, 5.41) is 4.66. The minimum atomic E-state index is 0.978. The average Bonchev–Trinajstić information content (AvgIpc) is 2.89. The van der Waals surface area contributed by atoms with Crippen LogP contribution in [-0.4, -0.2) is 14.8 Å². The summed E-state index contributed by atoms with van der Waals surface area (Å²) in [6.07, 6.45) is 5.19. The van der Waals surface area contributed by atoms with Crippen LogP contribution >= 0.6 is 0 Å². The molecule has 0 fully saturated rings. The summed E-state index contributed by atoms with van der Waals surface area (Å²) >= 11 is 0. The van der Waals surface area contributed by atoms with E-state index >= 15 is 0 Å². The second kappa shape index (κ2) is 3.74. The van der Waals surface area contributed by atoms with Crippen LogP contribution in [0.3, 0.4) is 0 Å². The van der Waals surface area contributed by atoms with Crippen molar-refractivity contribution in [3.05, 3.63) is 35.8 Å². The fourth-order valence-electron chi connectivity index (χ4n) is 2.44. The van der Waals surface area contributed by atoms with Gasteiger partial charge in [-0.3, -0.25) is 9.67 Å². The van der Waals surface area contributed by atoms with Crippen LogP contribution in [0, 0.1) is 0 Å². The van der Waals surface area contributed by atoms with Gasteiger partial charge in [0.15, 0.2) is 0 Å². The summed E-state index contributed by atoms with van der Waals surface area (Å²) in [6, 6.07) is 6.08. The first-order valence-corrected chi connectivity index (χ1v) is 5.90. The third kappa shape index (κ3) is 1.35. The third-order valence-corrected chi connectivity index (χ3v) is 3.17. The number of fused-ring (bicyclic) bond motifs is 1. The second-order valence-corrected chi connectivity index (χ2v) is 4.16. The molecule has 0 saturated carbocycles. The predicted octanol–water partition coefficient (Wildman–Crippen LogP) is 2.45. The van der Waals surface area contributed by atoms with Crippen molar-refractivity contribution in [2.75, 3.05) is 0 Å². The summed E-state index contributed by atoms with van der Waals surface area (Å²) in [4.78, 5) is 4.45. The van der Waals surface area contributed by atoms with Gasteiger partial charge in [-0.1, -0.05) is 13.0 Å². The fourth-order valence-corrected chi connectivity index (χ4v) is 2.44. The van der Waals surface area contributed by atoms with E-state index in [1.54, 1.807) is 0 Å². The molecule has 0 amide bonds. The zero-order chi connectivity index (χ0) is 11.0. The molecule has 0 aromatic carbocycles. The van der Waals surface area contributed by atoms with Gasteiger partial charge in [0.2, 0.25) is 0 Å². The molecule has 3 heteroatoms. The Morgan fingerprint density at radius 2 is 2.31 bits per heavy atom. The van der Waals surface area contributed by atoms with Gasteiger partial charge in [-0.2, -0.15) is 5.10 Å². The largest absolute Gasteiger partial charge is 0.269 e. The van der Waals surface area contributed by atoms with Crippen molar-refractivity contribution in [2.45, 2.75) is 32.7 Å². The van der Waals surface area contributed by atoms with Gasteiger partial charge in [0.1, 0.15) is 0 Å². The highest BCUT2D eigenvalue weighted by molar-refractivity contribution is 5.65. The highest BCUT2D eigenvalue weighted by atomic mass is 15.3. The van der Waals surface area contributed by atoms with Crippen molar-refractivity contribution in [1.82, 2.24) is 14.8 Å². The average molecular weight is 213 g/mol. The first-order valence-electron chi connectivity index (χ1n) is 5.90. The molecule has 2 aromatic heterocycles. The van der Waals surface area contributed by atoms with E-state index in [-0.39, 0.29) is 0 Å². The molecule has 0 unspecified atom stereocenters. The summed E-state index contributed by atoms with van der Waals surface area (Å²) < 4.78 is 2.16. The van der Waals surface area contributed by atoms with Crippen LogP contribution in [0.15, 0.2) is 24.4 Å². The van der Waals surface area contributed by atoms with Crippen LogP contribution in [0.5, 0.6) is 0 Å². The fraction of sp³-hybridized carbons (Fsp3) is 0.385. The number of aryl methyl sites for hydroxylation is 2. The van der Waals surface area contributed by atoms with Crippen LogP contribution in [0.1, 0.15) is 24.7 Å². The maximum Gasteiger partial charge on any atom is 0.0739 e. The maximum absolute atomic E-state index is 4.66. The number of aromatic nitrogens is 3. The van der Waals surface area contributed by atoms with E-state index in [0.29, 0.717) is 0 Å². The van der Waals surface area contributed by atoms with Crippen molar-refractivity contribution >= 4 is 0 Å². The summed E-state index contributed by atoms with van der Waals surface area (Å²) in [5.74, 6) is 0. The molecular formula is C13H15N3. The molecule has 0 aliphatic carbocycles. The number of hydrogen-bond donors (Lipinski definition) is 0. The van der Waals surface area contributed by atoms with Crippen LogP contribution in [0.2, 0.25) is 0 Å². The van der Waals surface area contributed by atoms with E-state index in [1.165, 1.54) is 23.4 Å². The van der Waals surface area contributed by atoms with Crippen LogP contribution < -0.4 is 0 Å². The Bertz CT molecular complexity index is 499. The Morgan fingerprint density at radius 1 is 1.38 bits per heavy atom. The standard InChI is InChI=1S/C13H15N3/c1-2-10-13(11-6-3-4-8-14-11)12-7-5-9-16(12)15-10/h3-4,6,8H,2,5,7,9H2,1H3. The Balaban J connectivity index is 2.19. The number of rotatable bonds is 2. The molecule has 82 valence electrons. The summed E-state index contributed by atoms with van der Waals surface area (Å²) in [6.45, 7) is 3.22. The molecule has 0 radical (unpaired) electrons. The topological polar surface area (TPSA) is 30.7 Å². The molecule has 3 rings (SSSR count). The zero-order valence-corrected chi connectivity index (χ0v) is 9.48. The maximum atomic E-state index is 4.66. The normalized spacial score (nSPS) is 14.1. The van der Waals surface area contributed by atoms with E-state index in [4.69, 9.17) is 0 Å². The molecule has 16 heavy (non-hydrogen) atoms. The van der Waals surface area contributed by atoms with Crippen LogP contribution in [0.25, 0.3) is 11.3 Å². The Morgan fingerprint density at radius 3 is 3.06 bits per heavy atom. The van der Waals surface area contributed by atoms with E-state index in [1.807, 2.05) is 18.3 Å². The molecule has 3 heterocycles. The van der Waals surface area contributed by atoms with Crippen LogP contribution in [-0.2, 0) is 19.4 Å². The van der Waals surface area contributed by atoms with E-state index in [0.717, 1.165) is 25.1 Å². The molecule has 0 atom stereocenters. The molecule has 0 spiro atoms. The lowest BCUT2D eigenvalue weighted by Crippen LogP contribution is -1.94. The van der Waals surface area contributed by atoms with Gasteiger partial charge in [0.05, 0.1) is 11.4 Å². The number of nitrogens with zero attached hydrogens (tertiary/aromatic N) is 3. The van der Waals surface area contributed by atoms with Gasteiger partial charge in [-0.25, -0.2) is 0 Å². The van der Waals surface area contributed by atoms with Crippen molar-refractivity contribution < 1.29 is 0 Å². The minimum Gasteiger partial charge on any atom is -0.269 e. The van der Waals surface area contributed by atoms with Crippen molar-refractivity contribution in [2.24, 2.45) is 0 Å². The molecule has 1 aliphatic rings. The van der Waals surface area contributed by atoms with E-state index < -0.39 is 0 Å². The smallest absolute Gasteiger partial charge is 0.0739 e. The van der Waals surface area contributed by atoms with Gasteiger partial charge < -0.3 is 0 Å². The Hall–Kier alpha value is -1.64. The lowest BCUT2D eigenvalue weighted by atomic mass is 10.1. The van der Waals surface area contributed by atoms with Gasteiger partial charge in [0.25, 0.3) is 0 Å². The lowest BCUT2D eigenvalue weighted by molar-refractivity contribution is 0.645. The first-order chi connectivity index (χ1) is 7.90. The highest BCUT2D eigenvalue weighted by Gasteiger charge is 2.22. The number of pyridine rings is 1. The SMILES string of the molecule is CCc1nn2c(c1-c1ccccn1)CCC2. The lowest BCUT2D eigenvalue weighted by Gasteiger charge is -2.01. The zero-order valence-electron chi connectivity index (χ0n) is 9.48. The van der Waals surface area contributed by atoms with Crippen LogP contribution in [0.4, 0.5) is 0 Å². The molecule has 2 aromatic rings. The third-order valence-electron chi connectivity index (χ3n) is 3.17. The highest BCUT2D eigenvalue weighted by Crippen LogP contribution is 2.30. The van der Waals surface area contributed by atoms with Crippen molar-refractivity contribution in [3.63, 3.8) is 0 Å². The van der Waals surface area contributed by atoms with Gasteiger partial charge >= 0.3 is 0 Å². The van der Waals surface area contributed by atoms with Crippen molar-refractivity contribution in [3.8, 4) is 11.3 Å². The first kappa shape index (κ1) is 9.58. The molecule has 0 saturated heterocycles. The van der Waals surface area contributed by atoms with E-state index in [9.17, 15) is 0 Å². The van der Waals surface area contributed by atoms with Gasteiger partial charge in [0, 0.05) is 24.0 Å². The Labute approximate surface area is 95.1 Å².